The molecule has 1 aromatic carbocycles. The predicted molar refractivity (Wildman–Crippen MR) is 69.7 cm³/mol. The van der Waals surface area contributed by atoms with Gasteiger partial charge in [-0.15, -0.1) is 0 Å². The lowest BCUT2D eigenvalue weighted by molar-refractivity contribution is 0.0996. The van der Waals surface area contributed by atoms with Crippen molar-refractivity contribution in [2.75, 3.05) is 7.11 Å². The van der Waals surface area contributed by atoms with Crippen LogP contribution in [0.15, 0.2) is 28.7 Å². The maximum Gasteiger partial charge on any atom is 0.271 e. The SMILES string of the molecule is COc1ccc(-c2oc(I)nc2C(N)=O)cc1. The van der Waals surface area contributed by atoms with Crippen molar-refractivity contribution in [1.82, 2.24) is 4.98 Å². The Morgan fingerprint density at radius 2 is 2.06 bits per heavy atom. The van der Waals surface area contributed by atoms with Crippen LogP contribution in [0.1, 0.15) is 10.5 Å². The minimum atomic E-state index is -0.609. The average molecular weight is 344 g/mol. The van der Waals surface area contributed by atoms with Crippen LogP contribution in [-0.2, 0) is 0 Å². The maximum absolute atomic E-state index is 11.2. The highest BCUT2D eigenvalue weighted by Gasteiger charge is 2.18. The first kappa shape index (κ1) is 11.9. The van der Waals surface area contributed by atoms with Gasteiger partial charge in [-0.3, -0.25) is 4.79 Å². The van der Waals surface area contributed by atoms with Crippen LogP contribution in [0.25, 0.3) is 11.3 Å². The summed E-state index contributed by atoms with van der Waals surface area (Å²) in [6, 6.07) is 7.11. The van der Waals surface area contributed by atoms with E-state index in [4.69, 9.17) is 14.9 Å². The summed E-state index contributed by atoms with van der Waals surface area (Å²) in [6.45, 7) is 0. The van der Waals surface area contributed by atoms with Gasteiger partial charge in [-0.05, 0) is 24.3 Å². The molecule has 0 spiro atoms. The molecule has 0 radical (unpaired) electrons. The number of hydrogen-bond donors (Lipinski definition) is 1. The summed E-state index contributed by atoms with van der Waals surface area (Å²) in [5.41, 5.74) is 6.10. The van der Waals surface area contributed by atoms with E-state index in [1.807, 2.05) is 22.6 Å². The Bertz CT molecular complexity index is 548. The third-order valence-electron chi connectivity index (χ3n) is 2.19. The Hall–Kier alpha value is -1.57. The number of hydrogen-bond acceptors (Lipinski definition) is 4. The summed E-state index contributed by atoms with van der Waals surface area (Å²) in [7, 11) is 1.58. The molecule has 2 aromatic rings. The van der Waals surface area contributed by atoms with Gasteiger partial charge in [-0.1, -0.05) is 0 Å². The normalized spacial score (nSPS) is 10.2. The van der Waals surface area contributed by atoms with Crippen molar-refractivity contribution in [3.8, 4) is 17.1 Å². The Kier molecular flexibility index (Phi) is 3.32. The van der Waals surface area contributed by atoms with Crippen LogP contribution >= 0.6 is 22.6 Å². The van der Waals surface area contributed by atoms with Crippen LogP contribution in [0.5, 0.6) is 5.75 Å². The molecule has 2 rings (SSSR count). The Balaban J connectivity index is 2.48. The number of benzene rings is 1. The lowest BCUT2D eigenvalue weighted by Crippen LogP contribution is -2.12. The second kappa shape index (κ2) is 4.74. The number of oxazole rings is 1. The molecule has 2 N–H and O–H groups in total. The molecule has 0 aliphatic rings. The summed E-state index contributed by atoms with van der Waals surface area (Å²) in [5, 5.41) is 0. The monoisotopic (exact) mass is 344 g/mol. The first-order valence-electron chi connectivity index (χ1n) is 4.72. The van der Waals surface area contributed by atoms with Crippen molar-refractivity contribution in [2.24, 2.45) is 5.73 Å². The quantitative estimate of drug-likeness (QED) is 0.865. The average Bonchev–Trinajstić information content (AvgIpc) is 2.72. The van der Waals surface area contributed by atoms with Crippen molar-refractivity contribution < 1.29 is 13.9 Å². The van der Waals surface area contributed by atoms with E-state index in [-0.39, 0.29) is 5.69 Å². The molecule has 1 amide bonds. The fraction of sp³-hybridized carbons (Fsp3) is 0.0909. The van der Waals surface area contributed by atoms with E-state index >= 15 is 0 Å². The number of carbonyl (C=O) groups is 1. The van der Waals surface area contributed by atoms with Crippen molar-refractivity contribution in [3.05, 3.63) is 33.9 Å². The molecular weight excluding hydrogens is 335 g/mol. The molecule has 0 bridgehead atoms. The lowest BCUT2D eigenvalue weighted by Gasteiger charge is -2.01. The lowest BCUT2D eigenvalue weighted by atomic mass is 10.1. The number of primary amides is 1. The molecule has 0 saturated heterocycles. The van der Waals surface area contributed by atoms with E-state index in [9.17, 15) is 4.79 Å². The second-order valence-electron chi connectivity index (χ2n) is 3.24. The van der Waals surface area contributed by atoms with Gasteiger partial charge in [0.15, 0.2) is 11.5 Å². The molecule has 0 aliphatic carbocycles. The van der Waals surface area contributed by atoms with Crippen molar-refractivity contribution in [3.63, 3.8) is 0 Å². The molecule has 0 aliphatic heterocycles. The van der Waals surface area contributed by atoms with Crippen LogP contribution in [0, 0.1) is 3.90 Å². The van der Waals surface area contributed by atoms with E-state index in [1.165, 1.54) is 0 Å². The van der Waals surface area contributed by atoms with Crippen molar-refractivity contribution >= 4 is 28.5 Å². The summed E-state index contributed by atoms with van der Waals surface area (Å²) < 4.78 is 10.8. The van der Waals surface area contributed by atoms with Gasteiger partial charge in [0.05, 0.1) is 7.11 Å². The maximum atomic E-state index is 11.2. The van der Waals surface area contributed by atoms with Crippen LogP contribution in [0.3, 0.4) is 0 Å². The number of methoxy groups -OCH3 is 1. The summed E-state index contributed by atoms with van der Waals surface area (Å²) in [4.78, 5) is 15.1. The zero-order chi connectivity index (χ0) is 12.4. The molecule has 17 heavy (non-hydrogen) atoms. The topological polar surface area (TPSA) is 78.3 Å². The molecular formula is C11H9IN2O3. The third-order valence-corrected chi connectivity index (χ3v) is 2.65. The van der Waals surface area contributed by atoms with Gasteiger partial charge in [0, 0.05) is 28.2 Å². The Labute approximate surface area is 111 Å². The number of aromatic nitrogens is 1. The van der Waals surface area contributed by atoms with Crippen LogP contribution in [0.2, 0.25) is 0 Å². The van der Waals surface area contributed by atoms with E-state index in [1.54, 1.807) is 31.4 Å². The van der Waals surface area contributed by atoms with Gasteiger partial charge in [0.1, 0.15) is 5.75 Å². The highest BCUT2D eigenvalue weighted by atomic mass is 127. The number of rotatable bonds is 3. The zero-order valence-corrected chi connectivity index (χ0v) is 11.1. The number of ether oxygens (including phenoxy) is 1. The third kappa shape index (κ3) is 2.41. The zero-order valence-electron chi connectivity index (χ0n) is 8.94. The number of nitrogens with two attached hydrogens (primary N) is 1. The van der Waals surface area contributed by atoms with E-state index in [0.717, 1.165) is 11.3 Å². The van der Waals surface area contributed by atoms with Gasteiger partial charge < -0.3 is 14.9 Å². The molecule has 0 saturated carbocycles. The smallest absolute Gasteiger partial charge is 0.271 e. The highest BCUT2D eigenvalue weighted by Crippen LogP contribution is 2.27. The van der Waals surface area contributed by atoms with E-state index in [2.05, 4.69) is 4.98 Å². The van der Waals surface area contributed by atoms with E-state index < -0.39 is 5.91 Å². The molecule has 0 unspecified atom stereocenters. The van der Waals surface area contributed by atoms with E-state index in [0.29, 0.717) is 9.66 Å². The number of halogens is 1. The highest BCUT2D eigenvalue weighted by molar-refractivity contribution is 14.1. The van der Waals surface area contributed by atoms with Crippen LogP contribution in [-0.4, -0.2) is 18.0 Å². The second-order valence-corrected chi connectivity index (χ2v) is 4.16. The van der Waals surface area contributed by atoms with Gasteiger partial charge >= 0.3 is 0 Å². The largest absolute Gasteiger partial charge is 0.497 e. The first-order chi connectivity index (χ1) is 8.11. The van der Waals surface area contributed by atoms with Crippen LogP contribution in [0.4, 0.5) is 0 Å². The Morgan fingerprint density at radius 3 is 2.59 bits per heavy atom. The minimum absolute atomic E-state index is 0.138. The predicted octanol–water partition coefficient (Wildman–Crippen LogP) is 2.05. The van der Waals surface area contributed by atoms with Crippen LogP contribution < -0.4 is 10.5 Å². The molecule has 1 aromatic heterocycles. The van der Waals surface area contributed by atoms with Gasteiger partial charge in [-0.25, -0.2) is 0 Å². The fourth-order valence-electron chi connectivity index (χ4n) is 1.40. The number of amides is 1. The molecule has 1 heterocycles. The number of nitrogens with zero attached hydrogens (tertiary/aromatic N) is 1. The summed E-state index contributed by atoms with van der Waals surface area (Å²) >= 11 is 1.89. The summed E-state index contributed by atoms with van der Waals surface area (Å²) in [6.07, 6.45) is 0. The molecule has 88 valence electrons. The standard InChI is InChI=1S/C11H9IN2O3/c1-16-7-4-2-6(3-5-7)9-8(10(13)15)14-11(12)17-9/h2-5H,1H3,(H2,13,15). The minimum Gasteiger partial charge on any atom is -0.497 e. The Morgan fingerprint density at radius 1 is 1.41 bits per heavy atom. The molecule has 0 fully saturated rings. The van der Waals surface area contributed by atoms with Crippen molar-refractivity contribution in [2.45, 2.75) is 0 Å². The van der Waals surface area contributed by atoms with Gasteiger partial charge in [-0.2, -0.15) is 4.98 Å². The van der Waals surface area contributed by atoms with Gasteiger partial charge in [0.2, 0.25) is 0 Å². The van der Waals surface area contributed by atoms with Crippen molar-refractivity contribution in [1.29, 1.82) is 0 Å². The summed E-state index contributed by atoms with van der Waals surface area (Å²) in [5.74, 6) is 0.496. The molecule has 0 atom stereocenters. The number of carbonyl (C=O) groups excluding carboxylic acids is 1. The van der Waals surface area contributed by atoms with Gasteiger partial charge in [0.25, 0.3) is 9.80 Å². The molecule has 5 nitrogen and oxygen atoms in total. The fourth-order valence-corrected chi connectivity index (χ4v) is 1.86. The first-order valence-corrected chi connectivity index (χ1v) is 5.80. The molecule has 6 heteroatoms.